The second kappa shape index (κ2) is 3.47. The molecule has 1 unspecified atom stereocenters. The summed E-state index contributed by atoms with van der Waals surface area (Å²) in [5.41, 5.74) is 10.6. The summed E-state index contributed by atoms with van der Waals surface area (Å²) in [6.45, 7) is 0.236. The zero-order valence-electron chi connectivity index (χ0n) is 8.75. The Labute approximate surface area is 91.2 Å². The number of carbonyl (C=O) groups excluding carboxylic acids is 2. The monoisotopic (exact) mass is 224 g/mol. The number of nitrogen functional groups attached to an aromatic ring is 1. The highest BCUT2D eigenvalue weighted by atomic mass is 16.2. The van der Waals surface area contributed by atoms with Gasteiger partial charge in [0, 0.05) is 20.0 Å². The molecule has 86 valence electrons. The van der Waals surface area contributed by atoms with Crippen LogP contribution < -0.4 is 16.4 Å². The van der Waals surface area contributed by atoms with Crippen LogP contribution in [-0.2, 0) is 16.6 Å². The molecule has 1 aromatic rings. The van der Waals surface area contributed by atoms with E-state index in [4.69, 9.17) is 11.5 Å². The van der Waals surface area contributed by atoms with E-state index < -0.39 is 11.8 Å². The number of rotatable bonds is 2. The fraction of sp³-hybridized carbons (Fsp3) is 0.500. The number of anilines is 2. The lowest BCUT2D eigenvalue weighted by Gasteiger charge is -2.13. The van der Waals surface area contributed by atoms with Crippen molar-refractivity contribution in [2.45, 2.75) is 6.42 Å². The van der Waals surface area contributed by atoms with Gasteiger partial charge in [-0.1, -0.05) is 0 Å². The molecule has 16 heavy (non-hydrogen) atoms. The van der Waals surface area contributed by atoms with Crippen LogP contribution in [0.4, 0.5) is 11.9 Å². The van der Waals surface area contributed by atoms with Crippen LogP contribution in [0.3, 0.4) is 0 Å². The van der Waals surface area contributed by atoms with Crippen LogP contribution in [0, 0.1) is 5.92 Å². The van der Waals surface area contributed by atoms with Crippen molar-refractivity contribution in [1.82, 2.24) is 14.8 Å². The van der Waals surface area contributed by atoms with E-state index in [1.54, 1.807) is 7.05 Å². The Balaban J connectivity index is 2.26. The van der Waals surface area contributed by atoms with Gasteiger partial charge in [0.05, 0.1) is 5.92 Å². The maximum absolute atomic E-state index is 11.6. The smallest absolute Gasteiger partial charge is 0.241 e. The summed E-state index contributed by atoms with van der Waals surface area (Å²) < 4.78 is 1.40. The second-order valence-corrected chi connectivity index (χ2v) is 3.70. The third-order valence-corrected chi connectivity index (χ3v) is 2.53. The molecule has 0 aliphatic carbocycles. The van der Waals surface area contributed by atoms with E-state index in [9.17, 15) is 9.59 Å². The van der Waals surface area contributed by atoms with Crippen LogP contribution in [0.5, 0.6) is 0 Å². The Hall–Kier alpha value is -2.12. The summed E-state index contributed by atoms with van der Waals surface area (Å²) >= 11 is 0. The van der Waals surface area contributed by atoms with Crippen molar-refractivity contribution < 1.29 is 9.59 Å². The number of carbonyl (C=O) groups is 2. The number of amides is 2. The maximum atomic E-state index is 11.6. The number of aryl methyl sites for hydroxylation is 1. The maximum Gasteiger partial charge on any atom is 0.241 e. The number of hydrogen-bond donors (Lipinski definition) is 2. The number of primary amides is 1. The van der Waals surface area contributed by atoms with Gasteiger partial charge in [-0.2, -0.15) is 4.98 Å². The van der Waals surface area contributed by atoms with Gasteiger partial charge in [-0.15, -0.1) is 5.10 Å². The number of hydrogen-bond acceptors (Lipinski definition) is 5. The van der Waals surface area contributed by atoms with Crippen molar-refractivity contribution in [3.05, 3.63) is 0 Å². The Morgan fingerprint density at radius 2 is 2.25 bits per heavy atom. The first-order chi connectivity index (χ1) is 7.49. The molecule has 1 aliphatic heterocycles. The molecule has 8 heteroatoms. The topological polar surface area (TPSA) is 120 Å². The lowest BCUT2D eigenvalue weighted by Crippen LogP contribution is -2.30. The van der Waals surface area contributed by atoms with Gasteiger partial charge in [0.2, 0.25) is 23.7 Å². The largest absolute Gasteiger partial charge is 0.369 e. The van der Waals surface area contributed by atoms with Crippen molar-refractivity contribution in [1.29, 1.82) is 0 Å². The molecule has 1 aromatic heterocycles. The van der Waals surface area contributed by atoms with E-state index in [0.717, 1.165) is 0 Å². The van der Waals surface area contributed by atoms with Crippen LogP contribution >= 0.6 is 0 Å². The SMILES string of the molecule is Cn1nc(N)nc1N1CC(C(N)=O)CC1=O. The molecule has 4 N–H and O–H groups in total. The van der Waals surface area contributed by atoms with Gasteiger partial charge in [-0.25, -0.2) is 4.68 Å². The molecule has 1 saturated heterocycles. The quantitative estimate of drug-likeness (QED) is 0.616. The first-order valence-electron chi connectivity index (χ1n) is 4.75. The zero-order valence-corrected chi connectivity index (χ0v) is 8.75. The number of nitrogens with two attached hydrogens (primary N) is 2. The molecule has 0 saturated carbocycles. The minimum absolute atomic E-state index is 0.0906. The van der Waals surface area contributed by atoms with Gasteiger partial charge in [0.1, 0.15) is 0 Å². The van der Waals surface area contributed by atoms with Crippen LogP contribution in [-0.4, -0.2) is 33.1 Å². The molecule has 1 aliphatic rings. The standard InChI is InChI=1S/C8H12N6O2/c1-13-8(11-7(10)12-13)14-3-4(6(9)16)2-5(14)15/h4H,2-3H2,1H3,(H2,9,16)(H2,10,12). The average Bonchev–Trinajstić information content (AvgIpc) is 2.69. The molecule has 2 heterocycles. The van der Waals surface area contributed by atoms with Crippen LogP contribution in [0.25, 0.3) is 0 Å². The van der Waals surface area contributed by atoms with E-state index >= 15 is 0 Å². The van der Waals surface area contributed by atoms with Gasteiger partial charge in [-0.05, 0) is 0 Å². The van der Waals surface area contributed by atoms with Crippen LogP contribution in [0.15, 0.2) is 0 Å². The third kappa shape index (κ3) is 1.58. The predicted molar refractivity (Wildman–Crippen MR) is 55.1 cm³/mol. The highest BCUT2D eigenvalue weighted by Gasteiger charge is 2.36. The normalized spacial score (nSPS) is 20.4. The fourth-order valence-corrected chi connectivity index (χ4v) is 1.72. The Kier molecular flexibility index (Phi) is 2.26. The van der Waals surface area contributed by atoms with Crippen LogP contribution in [0.2, 0.25) is 0 Å². The summed E-state index contributed by atoms with van der Waals surface area (Å²) in [6, 6.07) is 0. The van der Waals surface area contributed by atoms with Crippen molar-refractivity contribution in [3.8, 4) is 0 Å². The molecular weight excluding hydrogens is 212 g/mol. The van der Waals surface area contributed by atoms with E-state index in [0.29, 0.717) is 5.95 Å². The van der Waals surface area contributed by atoms with E-state index in [-0.39, 0.29) is 24.8 Å². The number of aromatic nitrogens is 3. The lowest BCUT2D eigenvalue weighted by molar-refractivity contribution is -0.123. The second-order valence-electron chi connectivity index (χ2n) is 3.70. The molecule has 2 amide bonds. The van der Waals surface area contributed by atoms with E-state index in [1.165, 1.54) is 9.58 Å². The first-order valence-corrected chi connectivity index (χ1v) is 4.75. The Morgan fingerprint density at radius 1 is 1.56 bits per heavy atom. The summed E-state index contributed by atoms with van der Waals surface area (Å²) in [7, 11) is 1.63. The van der Waals surface area contributed by atoms with Crippen molar-refractivity contribution in [2.24, 2.45) is 18.7 Å². The third-order valence-electron chi connectivity index (χ3n) is 2.53. The first kappa shape index (κ1) is 10.4. The molecule has 2 rings (SSSR count). The van der Waals surface area contributed by atoms with Crippen molar-refractivity contribution >= 4 is 23.7 Å². The molecular formula is C8H12N6O2. The van der Waals surface area contributed by atoms with E-state index in [2.05, 4.69) is 10.1 Å². The van der Waals surface area contributed by atoms with Gasteiger partial charge < -0.3 is 11.5 Å². The van der Waals surface area contributed by atoms with E-state index in [1.807, 2.05) is 0 Å². The van der Waals surface area contributed by atoms with Gasteiger partial charge >= 0.3 is 0 Å². The Morgan fingerprint density at radius 3 is 2.69 bits per heavy atom. The molecule has 0 bridgehead atoms. The lowest BCUT2D eigenvalue weighted by atomic mass is 10.1. The number of nitrogens with zero attached hydrogens (tertiary/aromatic N) is 4. The molecule has 0 aromatic carbocycles. The predicted octanol–water partition coefficient (Wildman–Crippen LogP) is -1.76. The summed E-state index contributed by atoms with van der Waals surface area (Å²) in [4.78, 5) is 27.9. The van der Waals surface area contributed by atoms with Crippen molar-refractivity contribution in [2.75, 3.05) is 17.2 Å². The fourth-order valence-electron chi connectivity index (χ4n) is 1.72. The summed E-state index contributed by atoms with van der Waals surface area (Å²) in [5, 5.41) is 3.83. The molecule has 8 nitrogen and oxygen atoms in total. The minimum atomic E-state index is -0.481. The summed E-state index contributed by atoms with van der Waals surface area (Å²) in [5.74, 6) is -0.713. The minimum Gasteiger partial charge on any atom is -0.369 e. The molecule has 1 atom stereocenters. The molecule has 0 radical (unpaired) electrons. The highest BCUT2D eigenvalue weighted by Crippen LogP contribution is 2.23. The zero-order chi connectivity index (χ0) is 11.9. The summed E-state index contributed by atoms with van der Waals surface area (Å²) in [6.07, 6.45) is 0.113. The average molecular weight is 224 g/mol. The van der Waals surface area contributed by atoms with Gasteiger partial charge in [0.15, 0.2) is 0 Å². The van der Waals surface area contributed by atoms with Gasteiger partial charge in [-0.3, -0.25) is 14.5 Å². The highest BCUT2D eigenvalue weighted by molar-refractivity contribution is 5.98. The van der Waals surface area contributed by atoms with Crippen LogP contribution in [0.1, 0.15) is 6.42 Å². The van der Waals surface area contributed by atoms with Gasteiger partial charge in [0.25, 0.3) is 0 Å². The molecule has 1 fully saturated rings. The Bertz CT molecular complexity index is 453. The van der Waals surface area contributed by atoms with Crippen molar-refractivity contribution in [3.63, 3.8) is 0 Å². The molecule has 0 spiro atoms.